The average Bonchev–Trinajstić information content (AvgIpc) is 3.22. The molecule has 2 aliphatic rings. The molecule has 5 nitrogen and oxygen atoms in total. The van der Waals surface area contributed by atoms with Crippen LogP contribution in [0.2, 0.25) is 0 Å². The fraction of sp³-hybridized carbons (Fsp3) is 0.667. The molecule has 0 radical (unpaired) electrons. The van der Waals surface area contributed by atoms with Crippen LogP contribution in [0.1, 0.15) is 46.7 Å². The summed E-state index contributed by atoms with van der Waals surface area (Å²) in [6, 6.07) is 3.88. The van der Waals surface area contributed by atoms with E-state index in [1.54, 1.807) is 7.11 Å². The summed E-state index contributed by atoms with van der Waals surface area (Å²) in [5.74, 6) is 1.09. The summed E-state index contributed by atoms with van der Waals surface area (Å²) in [4.78, 5) is 30.1. The van der Waals surface area contributed by atoms with E-state index in [0.717, 1.165) is 68.0 Å². The molecule has 2 fully saturated rings. The highest BCUT2D eigenvalue weighted by atomic mass is 32.1. The number of carbonyl (C=O) groups is 2. The molecule has 0 aromatic carbocycles. The van der Waals surface area contributed by atoms with Crippen LogP contribution in [0.25, 0.3) is 0 Å². The van der Waals surface area contributed by atoms with Gasteiger partial charge in [-0.2, -0.15) is 0 Å². The summed E-state index contributed by atoms with van der Waals surface area (Å²) in [6.07, 6.45) is 4.90. The third-order valence-electron chi connectivity index (χ3n) is 5.04. The van der Waals surface area contributed by atoms with Gasteiger partial charge in [0.15, 0.2) is 0 Å². The number of amides is 2. The van der Waals surface area contributed by atoms with Gasteiger partial charge in [-0.3, -0.25) is 9.59 Å². The first-order chi connectivity index (χ1) is 11.7. The Labute approximate surface area is 147 Å². The predicted molar refractivity (Wildman–Crippen MR) is 94.1 cm³/mol. The van der Waals surface area contributed by atoms with Gasteiger partial charge in [-0.1, -0.05) is 0 Å². The maximum Gasteiger partial charge on any atom is 0.263 e. The van der Waals surface area contributed by atoms with Crippen LogP contribution in [0, 0.1) is 5.92 Å². The normalized spacial score (nSPS) is 19.3. The molecule has 0 spiro atoms. The zero-order valence-electron chi connectivity index (χ0n) is 14.3. The Bertz CT molecular complexity index is 579. The minimum absolute atomic E-state index is 0.149. The van der Waals surface area contributed by atoms with Gasteiger partial charge >= 0.3 is 0 Å². The van der Waals surface area contributed by atoms with Crippen molar-refractivity contribution in [3.63, 3.8) is 0 Å². The van der Waals surface area contributed by atoms with Crippen LogP contribution in [-0.2, 0) is 16.1 Å². The molecule has 0 aliphatic carbocycles. The van der Waals surface area contributed by atoms with E-state index in [-0.39, 0.29) is 5.91 Å². The molecule has 2 amide bonds. The van der Waals surface area contributed by atoms with Crippen molar-refractivity contribution in [2.24, 2.45) is 5.92 Å². The molecule has 0 unspecified atom stereocenters. The molecule has 3 heterocycles. The first kappa shape index (κ1) is 17.4. The summed E-state index contributed by atoms with van der Waals surface area (Å²) in [6.45, 7) is 4.04. The Morgan fingerprint density at radius 2 is 2.08 bits per heavy atom. The van der Waals surface area contributed by atoms with E-state index in [2.05, 4.69) is 0 Å². The standard InChI is InChI=1S/C18H26N2O3S/c1-23-13-15-4-5-16(24-15)18(22)20-11-7-14(8-12-20)6-10-19-9-2-3-17(19)21/h4-5,14H,2-3,6-13H2,1H3. The second-order valence-electron chi connectivity index (χ2n) is 6.71. The molecule has 1 aromatic rings. The van der Waals surface area contributed by atoms with Crippen molar-refractivity contribution in [2.75, 3.05) is 33.3 Å². The highest BCUT2D eigenvalue weighted by Gasteiger charge is 2.26. The molecule has 2 aliphatic heterocycles. The van der Waals surface area contributed by atoms with Crippen molar-refractivity contribution in [1.82, 2.24) is 9.80 Å². The Morgan fingerprint density at radius 3 is 2.75 bits per heavy atom. The van der Waals surface area contributed by atoms with E-state index in [9.17, 15) is 9.59 Å². The molecule has 0 bridgehead atoms. The van der Waals surface area contributed by atoms with Gasteiger partial charge in [0.2, 0.25) is 5.91 Å². The molecule has 0 atom stereocenters. The summed E-state index contributed by atoms with van der Waals surface area (Å²) >= 11 is 1.53. The number of rotatable bonds is 6. The Kier molecular flexibility index (Phi) is 5.89. The topological polar surface area (TPSA) is 49.9 Å². The maximum absolute atomic E-state index is 12.6. The van der Waals surface area contributed by atoms with Gasteiger partial charge < -0.3 is 14.5 Å². The number of hydrogen-bond donors (Lipinski definition) is 0. The van der Waals surface area contributed by atoms with Crippen molar-refractivity contribution in [3.8, 4) is 0 Å². The zero-order valence-corrected chi connectivity index (χ0v) is 15.1. The van der Waals surface area contributed by atoms with Gasteiger partial charge in [0.1, 0.15) is 0 Å². The van der Waals surface area contributed by atoms with E-state index in [0.29, 0.717) is 18.4 Å². The fourth-order valence-corrected chi connectivity index (χ4v) is 4.52. The van der Waals surface area contributed by atoms with E-state index >= 15 is 0 Å². The van der Waals surface area contributed by atoms with Crippen molar-refractivity contribution in [1.29, 1.82) is 0 Å². The van der Waals surface area contributed by atoms with Crippen LogP contribution in [0.15, 0.2) is 12.1 Å². The van der Waals surface area contributed by atoms with Crippen molar-refractivity contribution in [3.05, 3.63) is 21.9 Å². The van der Waals surface area contributed by atoms with E-state index in [1.165, 1.54) is 11.3 Å². The second-order valence-corrected chi connectivity index (χ2v) is 7.88. The number of likely N-dealkylation sites (tertiary alicyclic amines) is 2. The first-order valence-electron chi connectivity index (χ1n) is 8.82. The lowest BCUT2D eigenvalue weighted by atomic mass is 9.93. The van der Waals surface area contributed by atoms with E-state index < -0.39 is 0 Å². The Balaban J connectivity index is 1.44. The van der Waals surface area contributed by atoms with Crippen LogP contribution in [-0.4, -0.2) is 54.9 Å². The van der Waals surface area contributed by atoms with Gasteiger partial charge in [0.05, 0.1) is 11.5 Å². The minimum atomic E-state index is 0.149. The number of piperidine rings is 1. The van der Waals surface area contributed by atoms with Gasteiger partial charge in [0.25, 0.3) is 5.91 Å². The van der Waals surface area contributed by atoms with Gasteiger partial charge in [0, 0.05) is 44.6 Å². The third kappa shape index (κ3) is 4.16. The van der Waals surface area contributed by atoms with Crippen LogP contribution >= 0.6 is 11.3 Å². The highest BCUT2D eigenvalue weighted by Crippen LogP contribution is 2.25. The SMILES string of the molecule is COCc1ccc(C(=O)N2CCC(CCN3CCCC3=O)CC2)s1. The number of methoxy groups -OCH3 is 1. The predicted octanol–water partition coefficient (Wildman–Crippen LogP) is 2.76. The summed E-state index contributed by atoms with van der Waals surface area (Å²) in [5, 5.41) is 0. The summed E-state index contributed by atoms with van der Waals surface area (Å²) < 4.78 is 5.11. The lowest BCUT2D eigenvalue weighted by Crippen LogP contribution is -2.39. The molecule has 24 heavy (non-hydrogen) atoms. The Hall–Kier alpha value is -1.40. The van der Waals surface area contributed by atoms with Crippen LogP contribution in [0.3, 0.4) is 0 Å². The molecule has 132 valence electrons. The molecule has 0 saturated carbocycles. The quantitative estimate of drug-likeness (QED) is 0.793. The lowest BCUT2D eigenvalue weighted by molar-refractivity contribution is -0.127. The van der Waals surface area contributed by atoms with Gasteiger partial charge in [-0.05, 0) is 43.7 Å². The number of thiophene rings is 1. The van der Waals surface area contributed by atoms with Crippen LogP contribution in [0.4, 0.5) is 0 Å². The number of nitrogens with zero attached hydrogens (tertiary/aromatic N) is 2. The van der Waals surface area contributed by atoms with Gasteiger partial charge in [-0.25, -0.2) is 0 Å². The number of ether oxygens (including phenoxy) is 1. The molecule has 3 rings (SSSR count). The van der Waals surface area contributed by atoms with E-state index in [4.69, 9.17) is 4.74 Å². The van der Waals surface area contributed by atoms with Crippen molar-refractivity contribution < 1.29 is 14.3 Å². The minimum Gasteiger partial charge on any atom is -0.379 e. The van der Waals surface area contributed by atoms with Crippen molar-refractivity contribution in [2.45, 2.75) is 38.7 Å². The molecular weight excluding hydrogens is 324 g/mol. The largest absolute Gasteiger partial charge is 0.379 e. The lowest BCUT2D eigenvalue weighted by Gasteiger charge is -2.32. The van der Waals surface area contributed by atoms with Crippen LogP contribution < -0.4 is 0 Å². The number of carbonyl (C=O) groups excluding carboxylic acids is 2. The molecular formula is C18H26N2O3S. The summed E-state index contributed by atoms with van der Waals surface area (Å²) in [7, 11) is 1.67. The molecule has 6 heteroatoms. The average molecular weight is 350 g/mol. The Morgan fingerprint density at radius 1 is 1.29 bits per heavy atom. The highest BCUT2D eigenvalue weighted by molar-refractivity contribution is 7.14. The van der Waals surface area contributed by atoms with Crippen LogP contribution in [0.5, 0.6) is 0 Å². The second kappa shape index (κ2) is 8.12. The first-order valence-corrected chi connectivity index (χ1v) is 9.63. The summed E-state index contributed by atoms with van der Waals surface area (Å²) in [5.41, 5.74) is 0. The fourth-order valence-electron chi connectivity index (χ4n) is 3.57. The van der Waals surface area contributed by atoms with Crippen molar-refractivity contribution >= 4 is 23.2 Å². The zero-order chi connectivity index (χ0) is 16.9. The third-order valence-corrected chi connectivity index (χ3v) is 6.09. The monoisotopic (exact) mass is 350 g/mol. The molecule has 1 aromatic heterocycles. The van der Waals surface area contributed by atoms with E-state index in [1.807, 2.05) is 21.9 Å². The van der Waals surface area contributed by atoms with Gasteiger partial charge in [-0.15, -0.1) is 11.3 Å². The maximum atomic E-state index is 12.6. The smallest absolute Gasteiger partial charge is 0.263 e. The molecule has 2 saturated heterocycles. The molecule has 0 N–H and O–H groups in total. The number of hydrogen-bond acceptors (Lipinski definition) is 4.